The monoisotopic (exact) mass is 446 g/mol. The average molecular weight is 447 g/mol. The highest BCUT2D eigenvalue weighted by Gasteiger charge is 2.49. The van der Waals surface area contributed by atoms with Crippen LogP contribution < -0.4 is 11.1 Å². The highest BCUT2D eigenvalue weighted by Crippen LogP contribution is 2.53. The number of rotatable bonds is 12. The van der Waals surface area contributed by atoms with Crippen molar-refractivity contribution >= 4 is 14.7 Å². The Labute approximate surface area is 187 Å². The quantitative estimate of drug-likeness (QED) is 0.349. The Morgan fingerprint density at radius 3 is 2.65 bits per heavy atom. The van der Waals surface area contributed by atoms with Crippen molar-refractivity contribution in [3.05, 3.63) is 47.3 Å². The van der Waals surface area contributed by atoms with Crippen LogP contribution in [-0.2, 0) is 25.2 Å². The molecule has 7 heteroatoms. The van der Waals surface area contributed by atoms with E-state index in [1.807, 2.05) is 30.3 Å². The zero-order chi connectivity index (χ0) is 22.1. The molecule has 3 rings (SSSR count). The Bertz CT molecular complexity index is 755. The molecule has 0 heterocycles. The smallest absolute Gasteiger partial charge is 0.327 e. The van der Waals surface area contributed by atoms with Crippen LogP contribution in [0.5, 0.6) is 0 Å². The second kappa shape index (κ2) is 12.2. The van der Waals surface area contributed by atoms with E-state index in [4.69, 9.17) is 15.0 Å². The third kappa shape index (κ3) is 7.05. The predicted molar refractivity (Wildman–Crippen MR) is 121 cm³/mol. The van der Waals surface area contributed by atoms with Crippen molar-refractivity contribution in [1.82, 2.24) is 5.32 Å². The molecule has 2 aliphatic rings. The molecule has 4 atom stereocenters. The summed E-state index contributed by atoms with van der Waals surface area (Å²) in [7, 11) is -0.228. The van der Waals surface area contributed by atoms with Crippen LogP contribution in [0.25, 0.3) is 0 Å². The van der Waals surface area contributed by atoms with Crippen molar-refractivity contribution < 1.29 is 18.6 Å². The summed E-state index contributed by atoms with van der Waals surface area (Å²) in [6.07, 6.45) is 6.47. The van der Waals surface area contributed by atoms with Gasteiger partial charge in [-0.15, -0.1) is 0 Å². The Kier molecular flexibility index (Phi) is 9.35. The Balaban J connectivity index is 1.44. The summed E-state index contributed by atoms with van der Waals surface area (Å²) in [6, 6.07) is 9.79. The topological polar surface area (TPSA) is 90.6 Å². The molecular weight excluding hydrogens is 411 g/mol. The average Bonchev–Trinajstić information content (AvgIpc) is 3.45. The van der Waals surface area contributed by atoms with Crippen LogP contribution >= 0.6 is 8.69 Å². The van der Waals surface area contributed by atoms with Crippen molar-refractivity contribution in [1.29, 1.82) is 0 Å². The first-order chi connectivity index (χ1) is 15.1. The first kappa shape index (κ1) is 23.7. The summed E-state index contributed by atoms with van der Waals surface area (Å²) in [5.74, 6) is 1.59. The minimum Gasteiger partial charge on any atom is -0.461 e. The lowest BCUT2D eigenvalue weighted by Crippen LogP contribution is -2.26. The summed E-state index contributed by atoms with van der Waals surface area (Å²) in [6.45, 7) is 3.72. The molecule has 0 aromatic heterocycles. The molecule has 0 aliphatic heterocycles. The molecule has 1 aromatic carbocycles. The van der Waals surface area contributed by atoms with Gasteiger partial charge in [0, 0.05) is 17.9 Å². The Hall–Kier alpha value is -1.91. The van der Waals surface area contributed by atoms with E-state index in [2.05, 4.69) is 12.2 Å². The molecule has 0 radical (unpaired) electrons. The number of carbonyl (C=O) groups excluding carboxylic acids is 1. The summed E-state index contributed by atoms with van der Waals surface area (Å²) in [4.78, 5) is 12.6. The van der Waals surface area contributed by atoms with E-state index in [0.717, 1.165) is 68.4 Å². The zero-order valence-electron chi connectivity index (χ0n) is 18.4. The number of ether oxygens (including phenoxy) is 1. The molecule has 0 bridgehead atoms. The Morgan fingerprint density at radius 1 is 1.19 bits per heavy atom. The lowest BCUT2D eigenvalue weighted by molar-refractivity contribution is -0.150. The van der Waals surface area contributed by atoms with E-state index in [-0.39, 0.29) is 20.6 Å². The molecule has 170 valence electrons. The number of allylic oxidation sites excluding steroid dienone is 2. The minimum absolute atomic E-state index is 0.0998. The molecule has 4 unspecified atom stereocenters. The van der Waals surface area contributed by atoms with Crippen molar-refractivity contribution in [2.45, 2.75) is 58.5 Å². The maximum Gasteiger partial charge on any atom is 0.327 e. The van der Waals surface area contributed by atoms with Gasteiger partial charge in [-0.25, -0.2) is 4.57 Å². The number of nitrogens with one attached hydrogen (secondary N) is 1. The summed E-state index contributed by atoms with van der Waals surface area (Å²) in [5, 5.41) is 3.52. The lowest BCUT2D eigenvalue weighted by atomic mass is 9.99. The maximum atomic E-state index is 12.6. The second-order valence-electron chi connectivity index (χ2n) is 8.74. The highest BCUT2D eigenvalue weighted by molar-refractivity contribution is 7.17. The van der Waals surface area contributed by atoms with Gasteiger partial charge in [0.2, 0.25) is 0 Å². The molecule has 1 aromatic rings. The van der Waals surface area contributed by atoms with Gasteiger partial charge in [0.05, 0.1) is 12.5 Å². The van der Waals surface area contributed by atoms with Crippen LogP contribution in [0.2, 0.25) is 0 Å². The minimum atomic E-state index is -0.228. The fraction of sp³-hybridized carbons (Fsp3) is 0.625. The number of hydrogen-bond acceptors (Lipinski definition) is 6. The molecule has 0 saturated heterocycles. The van der Waals surface area contributed by atoms with Crippen LogP contribution in [0.15, 0.2) is 41.7 Å². The van der Waals surface area contributed by atoms with E-state index >= 15 is 0 Å². The van der Waals surface area contributed by atoms with Gasteiger partial charge < -0.3 is 15.8 Å². The number of fused-ring (bicyclic) bond motifs is 1. The molecule has 1 fully saturated rings. The van der Waals surface area contributed by atoms with Gasteiger partial charge >= 0.3 is 14.7 Å². The molecule has 3 N–H and O–H groups in total. The van der Waals surface area contributed by atoms with E-state index < -0.39 is 0 Å². The molecule has 6 nitrogen and oxygen atoms in total. The second-order valence-corrected chi connectivity index (χ2v) is 9.14. The SMILES string of the molecule is CCCC(CCN/C1=C(\N)CCC2C(CC1)C2COP=O)C(=O)OCc1ccccc1. The van der Waals surface area contributed by atoms with Crippen LogP contribution in [0.4, 0.5) is 0 Å². The predicted octanol–water partition coefficient (Wildman–Crippen LogP) is 4.96. The first-order valence-electron chi connectivity index (χ1n) is 11.5. The molecule has 31 heavy (non-hydrogen) atoms. The summed E-state index contributed by atoms with van der Waals surface area (Å²) < 4.78 is 21.2. The van der Waals surface area contributed by atoms with Gasteiger partial charge in [-0.05, 0) is 61.8 Å². The normalized spacial score (nSPS) is 26.4. The standard InChI is InChI=1S/C24H35N2O4P/c1-2-6-18(24(27)29-15-17-7-4-3-5-8-17)13-14-26-23-12-10-20-19(9-11-22(23)25)21(20)16-30-31-28/h3-5,7-8,18-21,26H,2,6,9-16,25H2,1H3/b23-22-. The number of esters is 1. The fourth-order valence-electron chi connectivity index (χ4n) is 4.86. The third-order valence-corrected chi connectivity index (χ3v) is 6.97. The zero-order valence-corrected chi connectivity index (χ0v) is 19.3. The van der Waals surface area contributed by atoms with Gasteiger partial charge in [0.15, 0.2) is 0 Å². The maximum absolute atomic E-state index is 12.6. The molecule has 0 amide bonds. The number of benzene rings is 1. The van der Waals surface area contributed by atoms with Crippen molar-refractivity contribution in [3.63, 3.8) is 0 Å². The number of hydrogen-bond donors (Lipinski definition) is 2. The van der Waals surface area contributed by atoms with E-state index in [1.54, 1.807) is 0 Å². The summed E-state index contributed by atoms with van der Waals surface area (Å²) >= 11 is 0. The van der Waals surface area contributed by atoms with Gasteiger partial charge in [0.1, 0.15) is 6.61 Å². The summed E-state index contributed by atoms with van der Waals surface area (Å²) in [5.41, 5.74) is 9.43. The van der Waals surface area contributed by atoms with Crippen molar-refractivity contribution in [2.24, 2.45) is 29.4 Å². The van der Waals surface area contributed by atoms with Crippen LogP contribution in [0.3, 0.4) is 0 Å². The molecule has 2 aliphatic carbocycles. The third-order valence-electron chi connectivity index (χ3n) is 6.72. The van der Waals surface area contributed by atoms with E-state index in [9.17, 15) is 9.36 Å². The van der Waals surface area contributed by atoms with Crippen LogP contribution in [-0.4, -0.2) is 19.1 Å². The Morgan fingerprint density at radius 2 is 1.94 bits per heavy atom. The van der Waals surface area contributed by atoms with Gasteiger partial charge in [-0.1, -0.05) is 43.7 Å². The number of nitrogens with two attached hydrogens (primary N) is 1. The van der Waals surface area contributed by atoms with Crippen LogP contribution in [0.1, 0.15) is 57.4 Å². The number of carbonyl (C=O) groups is 1. The molecule has 1 saturated carbocycles. The molecule has 0 spiro atoms. The van der Waals surface area contributed by atoms with Crippen molar-refractivity contribution in [2.75, 3.05) is 13.2 Å². The van der Waals surface area contributed by atoms with Crippen LogP contribution in [0, 0.1) is 23.7 Å². The lowest BCUT2D eigenvalue weighted by Gasteiger charge is -2.20. The van der Waals surface area contributed by atoms with Crippen molar-refractivity contribution in [3.8, 4) is 0 Å². The first-order valence-corrected chi connectivity index (χ1v) is 12.2. The van der Waals surface area contributed by atoms with E-state index in [0.29, 0.717) is 31.0 Å². The fourth-order valence-corrected chi connectivity index (χ4v) is 5.10. The highest BCUT2D eigenvalue weighted by atomic mass is 31.1. The largest absolute Gasteiger partial charge is 0.461 e. The molecular formula is C24H35N2O4P. The van der Waals surface area contributed by atoms with Gasteiger partial charge in [0.25, 0.3) is 0 Å². The van der Waals surface area contributed by atoms with Gasteiger partial charge in [-0.3, -0.25) is 9.32 Å². The van der Waals surface area contributed by atoms with E-state index in [1.165, 1.54) is 0 Å². The van der Waals surface area contributed by atoms with Gasteiger partial charge in [-0.2, -0.15) is 0 Å².